The van der Waals surface area contributed by atoms with Crippen LogP contribution in [0.1, 0.15) is 0 Å². The van der Waals surface area contributed by atoms with Crippen molar-refractivity contribution in [1.82, 2.24) is 4.98 Å². The maximum absolute atomic E-state index is 4.36. The molecule has 0 aliphatic heterocycles. The van der Waals surface area contributed by atoms with Crippen LogP contribution in [-0.4, -0.2) is 4.98 Å². The van der Waals surface area contributed by atoms with Crippen molar-refractivity contribution >= 4 is 10.9 Å². The first-order valence-corrected chi connectivity index (χ1v) is 5.25. The normalized spacial score (nSPS) is 10.5. The Morgan fingerprint density at radius 3 is 2.62 bits per heavy atom. The molecule has 0 saturated carbocycles. The molecule has 3 aromatic rings. The lowest BCUT2D eigenvalue weighted by atomic mass is 10.0. The molecule has 0 spiro atoms. The zero-order valence-corrected chi connectivity index (χ0v) is 8.72. The second-order valence-electron chi connectivity index (χ2n) is 3.66. The summed E-state index contributed by atoms with van der Waals surface area (Å²) >= 11 is 0. The maximum atomic E-state index is 4.36. The molecule has 1 radical (unpaired) electrons. The van der Waals surface area contributed by atoms with Gasteiger partial charge in [0.15, 0.2) is 0 Å². The minimum Gasteiger partial charge on any atom is -0.256 e. The number of aromatic nitrogens is 1. The van der Waals surface area contributed by atoms with Crippen molar-refractivity contribution in [3.63, 3.8) is 0 Å². The van der Waals surface area contributed by atoms with Crippen molar-refractivity contribution < 1.29 is 0 Å². The molecule has 75 valence electrons. The minimum absolute atomic E-state index is 1.04. The van der Waals surface area contributed by atoms with Gasteiger partial charge in [0, 0.05) is 11.6 Å². The predicted octanol–water partition coefficient (Wildman–Crippen LogP) is 3.70. The summed E-state index contributed by atoms with van der Waals surface area (Å²) in [5.41, 5.74) is 3.46. The molecule has 0 saturated heterocycles. The molecule has 3 rings (SSSR count). The fraction of sp³-hybridized carbons (Fsp3) is 0. The molecule has 1 nitrogen and oxygen atoms in total. The van der Waals surface area contributed by atoms with Gasteiger partial charge >= 0.3 is 0 Å². The first kappa shape index (κ1) is 9.10. The summed E-state index contributed by atoms with van der Waals surface area (Å²) in [4.78, 5) is 4.36. The van der Waals surface area contributed by atoms with Gasteiger partial charge in [0.05, 0.1) is 5.52 Å². The molecule has 0 aliphatic carbocycles. The van der Waals surface area contributed by atoms with Crippen molar-refractivity contribution in [2.75, 3.05) is 0 Å². The van der Waals surface area contributed by atoms with Crippen molar-refractivity contribution in [3.8, 4) is 11.1 Å². The number of nitrogens with zero attached hydrogens (tertiary/aromatic N) is 1. The summed E-state index contributed by atoms with van der Waals surface area (Å²) in [6, 6.07) is 21.3. The third kappa shape index (κ3) is 1.47. The predicted molar refractivity (Wildman–Crippen MR) is 66.0 cm³/mol. The quantitative estimate of drug-likeness (QED) is 0.589. The van der Waals surface area contributed by atoms with Gasteiger partial charge in [-0.3, -0.25) is 4.98 Å². The van der Waals surface area contributed by atoms with Gasteiger partial charge in [-0.25, -0.2) is 0 Å². The molecule has 0 bridgehead atoms. The molecule has 0 N–H and O–H groups in total. The number of fused-ring (bicyclic) bond motifs is 1. The maximum Gasteiger partial charge on any atom is 0.0708 e. The summed E-state index contributed by atoms with van der Waals surface area (Å²) in [7, 11) is 0. The summed E-state index contributed by atoms with van der Waals surface area (Å²) in [5, 5.41) is 1.19. The van der Waals surface area contributed by atoms with Crippen LogP contribution in [0.3, 0.4) is 0 Å². The highest BCUT2D eigenvalue weighted by Gasteiger charge is 2.02. The molecule has 0 amide bonds. The highest BCUT2D eigenvalue weighted by Crippen LogP contribution is 2.26. The van der Waals surface area contributed by atoms with E-state index in [0.29, 0.717) is 0 Å². The van der Waals surface area contributed by atoms with Gasteiger partial charge in [0.25, 0.3) is 0 Å². The van der Waals surface area contributed by atoms with E-state index in [9.17, 15) is 0 Å². The highest BCUT2D eigenvalue weighted by molar-refractivity contribution is 5.94. The molecule has 1 heterocycles. The zero-order chi connectivity index (χ0) is 10.8. The van der Waals surface area contributed by atoms with Crippen molar-refractivity contribution in [2.24, 2.45) is 0 Å². The van der Waals surface area contributed by atoms with Gasteiger partial charge in [0.1, 0.15) is 0 Å². The smallest absolute Gasteiger partial charge is 0.0708 e. The molecule has 1 aromatic heterocycles. The Morgan fingerprint density at radius 1 is 0.875 bits per heavy atom. The lowest BCUT2D eigenvalue weighted by Gasteiger charge is -2.05. The van der Waals surface area contributed by atoms with Gasteiger partial charge in [0.2, 0.25) is 0 Å². The van der Waals surface area contributed by atoms with Crippen LogP contribution in [0.15, 0.2) is 60.8 Å². The van der Waals surface area contributed by atoms with Crippen molar-refractivity contribution in [3.05, 3.63) is 66.9 Å². The average Bonchev–Trinajstić information content (AvgIpc) is 2.39. The monoisotopic (exact) mass is 204 g/mol. The van der Waals surface area contributed by atoms with E-state index >= 15 is 0 Å². The largest absolute Gasteiger partial charge is 0.256 e. The van der Waals surface area contributed by atoms with Crippen LogP contribution in [0, 0.1) is 6.07 Å². The summed E-state index contributed by atoms with van der Waals surface area (Å²) in [6.07, 6.45) is 1.82. The number of hydrogen-bond acceptors (Lipinski definition) is 1. The summed E-state index contributed by atoms with van der Waals surface area (Å²) in [6.45, 7) is 0. The van der Waals surface area contributed by atoms with Crippen molar-refractivity contribution in [1.29, 1.82) is 0 Å². The molecular formula is C15H10N. The third-order valence-corrected chi connectivity index (χ3v) is 2.67. The zero-order valence-electron chi connectivity index (χ0n) is 8.72. The Balaban J connectivity index is 2.32. The van der Waals surface area contributed by atoms with Crippen LogP contribution >= 0.6 is 0 Å². The standard InChI is InChI=1S/C15H10N/c1-2-6-12(7-3-1)13-8-4-10-15-14(13)9-5-11-16-15/h2-11H. The minimum atomic E-state index is 1.04. The molecule has 0 aliphatic rings. The Labute approximate surface area is 94.4 Å². The molecule has 16 heavy (non-hydrogen) atoms. The van der Waals surface area contributed by atoms with Crippen LogP contribution in [0.25, 0.3) is 22.0 Å². The Hall–Kier alpha value is -2.15. The molecule has 1 heteroatoms. The molecule has 2 aromatic carbocycles. The third-order valence-electron chi connectivity index (χ3n) is 2.67. The van der Waals surface area contributed by atoms with Gasteiger partial charge in [-0.05, 0) is 29.3 Å². The topological polar surface area (TPSA) is 12.9 Å². The van der Waals surface area contributed by atoms with Crippen LogP contribution in [-0.2, 0) is 0 Å². The number of benzene rings is 2. The average molecular weight is 204 g/mol. The van der Waals surface area contributed by atoms with E-state index < -0.39 is 0 Å². The number of pyridine rings is 1. The summed E-state index contributed by atoms with van der Waals surface area (Å²) < 4.78 is 0. The van der Waals surface area contributed by atoms with Crippen LogP contribution in [0.4, 0.5) is 0 Å². The Kier molecular flexibility index (Phi) is 2.15. The Morgan fingerprint density at radius 2 is 1.75 bits per heavy atom. The second-order valence-corrected chi connectivity index (χ2v) is 3.66. The number of hydrogen-bond donors (Lipinski definition) is 0. The van der Waals surface area contributed by atoms with E-state index in [1.807, 2.05) is 36.5 Å². The number of rotatable bonds is 1. The van der Waals surface area contributed by atoms with Gasteiger partial charge in [-0.1, -0.05) is 42.5 Å². The first-order chi connectivity index (χ1) is 7.95. The first-order valence-electron chi connectivity index (χ1n) is 5.25. The second kappa shape index (κ2) is 3.78. The Bertz CT molecular complexity index is 609. The van der Waals surface area contributed by atoms with E-state index in [0.717, 1.165) is 5.52 Å². The van der Waals surface area contributed by atoms with E-state index in [2.05, 4.69) is 35.3 Å². The van der Waals surface area contributed by atoms with E-state index in [1.54, 1.807) is 0 Å². The van der Waals surface area contributed by atoms with Gasteiger partial charge in [-0.15, -0.1) is 0 Å². The van der Waals surface area contributed by atoms with E-state index in [-0.39, 0.29) is 0 Å². The van der Waals surface area contributed by atoms with Crippen LogP contribution in [0.5, 0.6) is 0 Å². The van der Waals surface area contributed by atoms with Gasteiger partial charge < -0.3 is 0 Å². The van der Waals surface area contributed by atoms with Crippen LogP contribution in [0.2, 0.25) is 0 Å². The molecular weight excluding hydrogens is 194 g/mol. The SMILES string of the molecule is [c]1ccc(-c2cccc3ncccc23)cc1. The van der Waals surface area contributed by atoms with E-state index in [1.165, 1.54) is 16.5 Å². The fourth-order valence-electron chi connectivity index (χ4n) is 1.92. The molecule has 0 unspecified atom stereocenters. The van der Waals surface area contributed by atoms with E-state index in [4.69, 9.17) is 0 Å². The molecule has 0 atom stereocenters. The highest BCUT2D eigenvalue weighted by atomic mass is 14.6. The summed E-state index contributed by atoms with van der Waals surface area (Å²) in [5.74, 6) is 0. The lowest BCUT2D eigenvalue weighted by Crippen LogP contribution is -1.82. The van der Waals surface area contributed by atoms with Gasteiger partial charge in [-0.2, -0.15) is 0 Å². The fourth-order valence-corrected chi connectivity index (χ4v) is 1.92. The van der Waals surface area contributed by atoms with Crippen LogP contribution < -0.4 is 0 Å². The molecule has 0 fully saturated rings. The lowest BCUT2D eigenvalue weighted by molar-refractivity contribution is 1.41. The van der Waals surface area contributed by atoms with Crippen molar-refractivity contribution in [2.45, 2.75) is 0 Å².